The first-order valence-corrected chi connectivity index (χ1v) is 4.51. The molecule has 17 heavy (non-hydrogen) atoms. The fraction of sp³-hybridized carbons (Fsp3) is 0.667. The summed E-state index contributed by atoms with van der Waals surface area (Å²) in [4.78, 5) is 10.9. The summed E-state index contributed by atoms with van der Waals surface area (Å²) in [7, 11) is 0. The average molecular weight is 264 g/mol. The minimum Gasteiger partial charge on any atom is -0.373 e. The molecule has 0 radical (unpaired) electrons. The van der Waals surface area contributed by atoms with E-state index in [0.29, 0.717) is 6.08 Å². The van der Waals surface area contributed by atoms with Gasteiger partial charge in [-0.05, 0) is 12.5 Å². The molecular formula is C9H10F6O2. The zero-order valence-electron chi connectivity index (χ0n) is 8.69. The standard InChI is InChI=1S/C9H10F6O2/c1-2-3-4-6(16)5-7(17,8(10,11)12)9(13,14)15/h3-4,17H,2,5H2,1H3/b4-3+. The summed E-state index contributed by atoms with van der Waals surface area (Å²) in [6, 6.07) is 0. The molecule has 0 aliphatic heterocycles. The molecule has 1 N–H and O–H groups in total. The first-order valence-electron chi connectivity index (χ1n) is 4.51. The number of hydrogen-bond acceptors (Lipinski definition) is 2. The molecule has 0 rings (SSSR count). The third-order valence-corrected chi connectivity index (χ3v) is 1.91. The number of carbonyl (C=O) groups excluding carboxylic acids is 1. The van der Waals surface area contributed by atoms with Gasteiger partial charge >= 0.3 is 12.4 Å². The molecule has 0 fully saturated rings. The minimum absolute atomic E-state index is 0.280. The number of ketones is 1. The molecule has 0 aliphatic rings. The lowest BCUT2D eigenvalue weighted by atomic mass is 9.95. The number of alkyl halides is 6. The lowest BCUT2D eigenvalue weighted by molar-refractivity contribution is -0.366. The van der Waals surface area contributed by atoms with Crippen molar-refractivity contribution >= 4 is 5.78 Å². The molecule has 0 spiro atoms. The highest BCUT2D eigenvalue weighted by Crippen LogP contribution is 2.45. The average Bonchev–Trinajstić information content (AvgIpc) is 2.10. The molecule has 0 unspecified atom stereocenters. The van der Waals surface area contributed by atoms with Crippen molar-refractivity contribution in [3.63, 3.8) is 0 Å². The van der Waals surface area contributed by atoms with E-state index in [0.717, 1.165) is 6.08 Å². The number of halogens is 6. The van der Waals surface area contributed by atoms with Crippen LogP contribution >= 0.6 is 0 Å². The Hall–Kier alpha value is -1.05. The zero-order valence-corrected chi connectivity index (χ0v) is 8.69. The van der Waals surface area contributed by atoms with Crippen LogP contribution in [0, 0.1) is 0 Å². The summed E-state index contributed by atoms with van der Waals surface area (Å²) in [5, 5.41) is 8.65. The van der Waals surface area contributed by atoms with Gasteiger partial charge in [0.1, 0.15) is 0 Å². The fourth-order valence-electron chi connectivity index (χ4n) is 0.922. The van der Waals surface area contributed by atoms with E-state index in [2.05, 4.69) is 0 Å². The van der Waals surface area contributed by atoms with Crippen LogP contribution in [0.1, 0.15) is 19.8 Å². The van der Waals surface area contributed by atoms with Gasteiger partial charge in [-0.2, -0.15) is 26.3 Å². The van der Waals surface area contributed by atoms with Gasteiger partial charge in [0.05, 0.1) is 6.42 Å². The molecule has 8 heteroatoms. The van der Waals surface area contributed by atoms with Crippen molar-refractivity contribution < 1.29 is 36.2 Å². The summed E-state index contributed by atoms with van der Waals surface area (Å²) in [6.45, 7) is 1.55. The largest absolute Gasteiger partial charge is 0.426 e. The number of carbonyl (C=O) groups is 1. The van der Waals surface area contributed by atoms with Gasteiger partial charge in [-0.25, -0.2) is 0 Å². The number of rotatable bonds is 4. The van der Waals surface area contributed by atoms with Gasteiger partial charge in [0, 0.05) is 0 Å². The van der Waals surface area contributed by atoms with Crippen molar-refractivity contribution in [1.82, 2.24) is 0 Å². The van der Waals surface area contributed by atoms with Crippen LogP contribution in [-0.2, 0) is 4.79 Å². The summed E-state index contributed by atoms with van der Waals surface area (Å²) in [5.41, 5.74) is -5.00. The van der Waals surface area contributed by atoms with Crippen molar-refractivity contribution in [2.24, 2.45) is 0 Å². The van der Waals surface area contributed by atoms with Crippen molar-refractivity contribution in [1.29, 1.82) is 0 Å². The molecule has 0 saturated carbocycles. The van der Waals surface area contributed by atoms with Gasteiger partial charge in [-0.15, -0.1) is 0 Å². The molecule has 0 heterocycles. The highest BCUT2D eigenvalue weighted by Gasteiger charge is 2.70. The first-order chi connectivity index (χ1) is 7.45. The third-order valence-electron chi connectivity index (χ3n) is 1.91. The molecule has 0 bridgehead atoms. The molecule has 100 valence electrons. The predicted octanol–water partition coefficient (Wildman–Crippen LogP) is 2.77. The highest BCUT2D eigenvalue weighted by molar-refractivity contribution is 5.90. The van der Waals surface area contributed by atoms with Crippen molar-refractivity contribution in [3.8, 4) is 0 Å². The van der Waals surface area contributed by atoms with E-state index >= 15 is 0 Å². The van der Waals surface area contributed by atoms with E-state index in [9.17, 15) is 31.1 Å². The summed E-state index contributed by atoms with van der Waals surface area (Å²) in [5.74, 6) is -1.44. The maximum atomic E-state index is 12.1. The second kappa shape index (κ2) is 5.07. The van der Waals surface area contributed by atoms with E-state index in [1.54, 1.807) is 6.92 Å². The van der Waals surface area contributed by atoms with Crippen LogP contribution in [0.4, 0.5) is 26.3 Å². The topological polar surface area (TPSA) is 37.3 Å². The fourth-order valence-corrected chi connectivity index (χ4v) is 0.922. The van der Waals surface area contributed by atoms with Gasteiger partial charge in [-0.1, -0.05) is 13.0 Å². The maximum Gasteiger partial charge on any atom is 0.426 e. The molecule has 0 saturated heterocycles. The van der Waals surface area contributed by atoms with Gasteiger partial charge < -0.3 is 5.11 Å². The van der Waals surface area contributed by atoms with Crippen LogP contribution < -0.4 is 0 Å². The second-order valence-electron chi connectivity index (χ2n) is 3.31. The second-order valence-corrected chi connectivity index (χ2v) is 3.31. The Labute approximate surface area is 92.9 Å². The van der Waals surface area contributed by atoms with Crippen LogP contribution in [0.3, 0.4) is 0 Å². The molecule has 0 aliphatic carbocycles. The van der Waals surface area contributed by atoms with Gasteiger partial charge in [0.15, 0.2) is 5.78 Å². The van der Waals surface area contributed by atoms with Crippen molar-refractivity contribution in [3.05, 3.63) is 12.2 Å². The lowest BCUT2D eigenvalue weighted by Crippen LogP contribution is -2.57. The summed E-state index contributed by atoms with van der Waals surface area (Å²) >= 11 is 0. The Balaban J connectivity index is 5.13. The molecule has 0 aromatic carbocycles. The molecule has 0 aromatic heterocycles. The van der Waals surface area contributed by atoms with Crippen LogP contribution in [-0.4, -0.2) is 28.8 Å². The van der Waals surface area contributed by atoms with E-state index in [-0.39, 0.29) is 6.42 Å². The molecule has 0 atom stereocenters. The van der Waals surface area contributed by atoms with Crippen LogP contribution in [0.25, 0.3) is 0 Å². The number of aliphatic hydroxyl groups is 1. The van der Waals surface area contributed by atoms with E-state index in [4.69, 9.17) is 5.11 Å². The summed E-state index contributed by atoms with van der Waals surface area (Å²) < 4.78 is 72.8. The van der Waals surface area contributed by atoms with Crippen LogP contribution in [0.15, 0.2) is 12.2 Å². The van der Waals surface area contributed by atoms with E-state index in [1.807, 2.05) is 0 Å². The Morgan fingerprint density at radius 3 is 1.82 bits per heavy atom. The Kier molecular flexibility index (Phi) is 4.76. The monoisotopic (exact) mass is 264 g/mol. The lowest BCUT2D eigenvalue weighted by Gasteiger charge is -2.31. The Bertz CT molecular complexity index is 288. The van der Waals surface area contributed by atoms with Crippen molar-refractivity contribution in [2.45, 2.75) is 37.7 Å². The van der Waals surface area contributed by atoms with Crippen molar-refractivity contribution in [2.75, 3.05) is 0 Å². The van der Waals surface area contributed by atoms with Gasteiger partial charge in [-0.3, -0.25) is 4.79 Å². The first kappa shape index (κ1) is 16.0. The molecule has 2 nitrogen and oxygen atoms in total. The van der Waals surface area contributed by atoms with Gasteiger partial charge in [0.2, 0.25) is 0 Å². The minimum atomic E-state index is -5.96. The van der Waals surface area contributed by atoms with E-state index in [1.165, 1.54) is 0 Å². The molecule has 0 aromatic rings. The SMILES string of the molecule is CC/C=C/C(=O)CC(O)(C(F)(F)F)C(F)(F)F. The van der Waals surface area contributed by atoms with Crippen LogP contribution in [0.5, 0.6) is 0 Å². The maximum absolute atomic E-state index is 12.1. The number of hydrogen-bond donors (Lipinski definition) is 1. The normalized spacial score (nSPS) is 14.4. The van der Waals surface area contributed by atoms with E-state index < -0.39 is 30.2 Å². The molecular weight excluding hydrogens is 254 g/mol. The number of allylic oxidation sites excluding steroid dienone is 2. The smallest absolute Gasteiger partial charge is 0.373 e. The third kappa shape index (κ3) is 3.72. The van der Waals surface area contributed by atoms with Crippen LogP contribution in [0.2, 0.25) is 0 Å². The summed E-state index contributed by atoms with van der Waals surface area (Å²) in [6.07, 6.45) is -12.0. The Morgan fingerprint density at radius 2 is 1.53 bits per heavy atom. The Morgan fingerprint density at radius 1 is 1.12 bits per heavy atom. The van der Waals surface area contributed by atoms with Gasteiger partial charge in [0.25, 0.3) is 5.60 Å². The highest BCUT2D eigenvalue weighted by atomic mass is 19.4. The zero-order chi connectivity index (χ0) is 13.9. The molecule has 0 amide bonds. The quantitative estimate of drug-likeness (QED) is 0.626. The predicted molar refractivity (Wildman–Crippen MR) is 46.1 cm³/mol.